The van der Waals surface area contributed by atoms with Gasteiger partial charge in [0.05, 0.1) is 18.1 Å². The van der Waals surface area contributed by atoms with Gasteiger partial charge in [0.25, 0.3) is 5.91 Å². The van der Waals surface area contributed by atoms with Crippen molar-refractivity contribution < 1.29 is 22.7 Å². The van der Waals surface area contributed by atoms with E-state index in [1.807, 2.05) is 0 Å². The summed E-state index contributed by atoms with van der Waals surface area (Å²) < 4.78 is 37.0. The average Bonchev–Trinajstić information content (AvgIpc) is 2.61. The Hall–Kier alpha value is -1.52. The van der Waals surface area contributed by atoms with Gasteiger partial charge in [-0.05, 0) is 17.7 Å². The molecule has 8 nitrogen and oxygen atoms in total. The van der Waals surface area contributed by atoms with E-state index in [-0.39, 0.29) is 23.9 Å². The van der Waals surface area contributed by atoms with Crippen molar-refractivity contribution in [3.8, 4) is 0 Å². The summed E-state index contributed by atoms with van der Waals surface area (Å²) in [5.74, 6) is -0.214. The van der Waals surface area contributed by atoms with Crippen molar-refractivity contribution in [2.45, 2.75) is 17.5 Å². The normalized spacial score (nSPS) is 18.3. The van der Waals surface area contributed by atoms with Crippen molar-refractivity contribution >= 4 is 15.9 Å². The van der Waals surface area contributed by atoms with E-state index >= 15 is 0 Å². The van der Waals surface area contributed by atoms with Gasteiger partial charge >= 0.3 is 0 Å². The summed E-state index contributed by atoms with van der Waals surface area (Å²) >= 11 is 0. The van der Waals surface area contributed by atoms with Crippen LogP contribution in [-0.4, -0.2) is 60.4 Å². The van der Waals surface area contributed by atoms with Crippen LogP contribution >= 0.6 is 0 Å². The number of morpholine rings is 1. The molecular weight excluding hydrogens is 334 g/mol. The van der Waals surface area contributed by atoms with Crippen molar-refractivity contribution in [3.63, 3.8) is 0 Å². The fourth-order valence-electron chi connectivity index (χ4n) is 2.22. The fraction of sp³-hybridized carbons (Fsp3) is 0.533. The Morgan fingerprint density at radius 1 is 1.46 bits per heavy atom. The molecule has 1 aromatic rings. The number of methoxy groups -OCH3 is 1. The molecule has 134 valence electrons. The summed E-state index contributed by atoms with van der Waals surface area (Å²) in [6.07, 6.45) is -0.513. The molecule has 1 atom stereocenters. The van der Waals surface area contributed by atoms with E-state index in [1.54, 1.807) is 12.1 Å². The van der Waals surface area contributed by atoms with Crippen LogP contribution in [0.3, 0.4) is 0 Å². The van der Waals surface area contributed by atoms with Gasteiger partial charge in [0.2, 0.25) is 10.0 Å². The molecule has 1 fully saturated rings. The van der Waals surface area contributed by atoms with Gasteiger partial charge in [-0.1, -0.05) is 12.1 Å². The lowest BCUT2D eigenvalue weighted by molar-refractivity contribution is -0.134. The van der Waals surface area contributed by atoms with E-state index in [1.165, 1.54) is 19.2 Å². The number of amides is 1. The van der Waals surface area contributed by atoms with Gasteiger partial charge in [-0.3, -0.25) is 4.79 Å². The summed E-state index contributed by atoms with van der Waals surface area (Å²) in [6, 6.07) is 6.45. The number of carbonyl (C=O) groups is 1. The van der Waals surface area contributed by atoms with Gasteiger partial charge in [0.1, 0.15) is 6.10 Å². The van der Waals surface area contributed by atoms with Crippen LogP contribution in [0.1, 0.15) is 5.56 Å². The minimum Gasteiger partial charge on any atom is -0.383 e. The van der Waals surface area contributed by atoms with E-state index in [0.29, 0.717) is 25.3 Å². The van der Waals surface area contributed by atoms with Crippen molar-refractivity contribution in [2.75, 3.05) is 40.0 Å². The van der Waals surface area contributed by atoms with Crippen LogP contribution in [0.5, 0.6) is 0 Å². The molecule has 1 unspecified atom stereocenters. The fourth-order valence-corrected chi connectivity index (χ4v) is 3.30. The molecule has 2 rings (SSSR count). The Labute approximate surface area is 142 Å². The third kappa shape index (κ3) is 5.53. The predicted molar refractivity (Wildman–Crippen MR) is 88.0 cm³/mol. The number of carbonyl (C=O) groups excluding carboxylic acids is 1. The van der Waals surface area contributed by atoms with Crippen molar-refractivity contribution in [2.24, 2.45) is 0 Å². The first-order valence-electron chi connectivity index (χ1n) is 7.70. The number of hydrogen-bond donors (Lipinski definition) is 3. The number of ether oxygens (including phenoxy) is 2. The molecule has 0 aromatic heterocycles. The molecule has 0 bridgehead atoms. The highest BCUT2D eigenvalue weighted by Crippen LogP contribution is 2.11. The Morgan fingerprint density at radius 3 is 3.00 bits per heavy atom. The Morgan fingerprint density at radius 2 is 2.29 bits per heavy atom. The van der Waals surface area contributed by atoms with Gasteiger partial charge < -0.3 is 20.1 Å². The van der Waals surface area contributed by atoms with E-state index in [9.17, 15) is 13.2 Å². The number of sulfonamides is 1. The minimum atomic E-state index is -3.59. The number of hydrogen-bond acceptors (Lipinski definition) is 6. The highest BCUT2D eigenvalue weighted by molar-refractivity contribution is 7.89. The molecule has 0 aliphatic carbocycles. The van der Waals surface area contributed by atoms with Gasteiger partial charge in [-0.25, -0.2) is 13.1 Å². The summed E-state index contributed by atoms with van der Waals surface area (Å²) in [4.78, 5) is 12.2. The molecule has 0 spiro atoms. The summed E-state index contributed by atoms with van der Waals surface area (Å²) in [7, 11) is -2.09. The molecule has 1 amide bonds. The van der Waals surface area contributed by atoms with E-state index in [4.69, 9.17) is 9.47 Å². The van der Waals surface area contributed by atoms with Crippen molar-refractivity contribution in [3.05, 3.63) is 29.8 Å². The smallest absolute Gasteiger partial charge is 0.250 e. The lowest BCUT2D eigenvalue weighted by Crippen LogP contribution is -2.47. The maximum atomic E-state index is 12.2. The maximum absolute atomic E-state index is 12.2. The monoisotopic (exact) mass is 357 g/mol. The molecule has 1 aliphatic rings. The van der Waals surface area contributed by atoms with Crippen molar-refractivity contribution in [1.82, 2.24) is 15.4 Å². The second-order valence-corrected chi connectivity index (χ2v) is 7.09. The summed E-state index contributed by atoms with van der Waals surface area (Å²) in [6.45, 7) is 2.44. The molecule has 1 saturated heterocycles. The second kappa shape index (κ2) is 9.09. The number of rotatable bonds is 8. The maximum Gasteiger partial charge on any atom is 0.250 e. The Bertz CT molecular complexity index is 644. The Kier molecular flexibility index (Phi) is 7.13. The predicted octanol–water partition coefficient (Wildman–Crippen LogP) is -0.784. The van der Waals surface area contributed by atoms with Crippen LogP contribution in [0.15, 0.2) is 29.2 Å². The zero-order valence-corrected chi connectivity index (χ0v) is 14.4. The summed E-state index contributed by atoms with van der Waals surface area (Å²) in [5, 5.41) is 5.84. The first kappa shape index (κ1) is 18.8. The second-order valence-electron chi connectivity index (χ2n) is 5.32. The number of nitrogens with one attached hydrogen (secondary N) is 3. The van der Waals surface area contributed by atoms with Crippen LogP contribution in [0.2, 0.25) is 0 Å². The highest BCUT2D eigenvalue weighted by Gasteiger charge is 2.21. The zero-order chi connectivity index (χ0) is 17.4. The molecule has 24 heavy (non-hydrogen) atoms. The lowest BCUT2D eigenvalue weighted by atomic mass is 10.2. The first-order valence-corrected chi connectivity index (χ1v) is 9.19. The van der Waals surface area contributed by atoms with Crippen LogP contribution in [0, 0.1) is 0 Å². The SMILES string of the molecule is COCCNS(=O)(=O)c1cccc(CNC(=O)C2CNCCO2)c1. The molecular formula is C15H23N3O5S. The van der Waals surface area contributed by atoms with Crippen LogP contribution in [0.25, 0.3) is 0 Å². The average molecular weight is 357 g/mol. The molecule has 9 heteroatoms. The number of benzene rings is 1. The van der Waals surface area contributed by atoms with Gasteiger partial charge in [0.15, 0.2) is 0 Å². The van der Waals surface area contributed by atoms with E-state index in [0.717, 1.165) is 6.54 Å². The van der Waals surface area contributed by atoms with Gasteiger partial charge in [-0.2, -0.15) is 0 Å². The molecule has 3 N–H and O–H groups in total. The van der Waals surface area contributed by atoms with Crippen LogP contribution in [-0.2, 0) is 30.8 Å². The standard InChI is InChI=1S/C15H23N3O5S/c1-22-7-6-18-24(20,21)13-4-2-3-12(9-13)10-17-15(19)14-11-16-5-8-23-14/h2-4,9,14,16,18H,5-8,10-11H2,1H3,(H,17,19). The first-order chi connectivity index (χ1) is 11.5. The quantitative estimate of drug-likeness (QED) is 0.527. The van der Waals surface area contributed by atoms with Gasteiger partial charge in [0, 0.05) is 33.3 Å². The third-order valence-corrected chi connectivity index (χ3v) is 4.95. The van der Waals surface area contributed by atoms with E-state index in [2.05, 4.69) is 15.4 Å². The molecule has 1 aliphatic heterocycles. The largest absolute Gasteiger partial charge is 0.383 e. The topological polar surface area (TPSA) is 106 Å². The third-order valence-electron chi connectivity index (χ3n) is 3.49. The van der Waals surface area contributed by atoms with Crippen LogP contribution < -0.4 is 15.4 Å². The van der Waals surface area contributed by atoms with E-state index < -0.39 is 16.1 Å². The molecule has 0 radical (unpaired) electrons. The molecule has 1 heterocycles. The minimum absolute atomic E-state index is 0.154. The van der Waals surface area contributed by atoms with Gasteiger partial charge in [-0.15, -0.1) is 0 Å². The lowest BCUT2D eigenvalue weighted by Gasteiger charge is -2.22. The molecule has 0 saturated carbocycles. The summed E-state index contributed by atoms with van der Waals surface area (Å²) in [5.41, 5.74) is 0.696. The Balaban J connectivity index is 1.93. The van der Waals surface area contributed by atoms with Crippen LogP contribution in [0.4, 0.5) is 0 Å². The highest BCUT2D eigenvalue weighted by atomic mass is 32.2. The van der Waals surface area contributed by atoms with Crippen molar-refractivity contribution in [1.29, 1.82) is 0 Å². The molecule has 1 aromatic carbocycles. The zero-order valence-electron chi connectivity index (χ0n) is 13.6.